The topological polar surface area (TPSA) is 55.4 Å². The summed E-state index contributed by atoms with van der Waals surface area (Å²) in [6, 6.07) is 11.1. The Balaban J connectivity index is 2.04. The van der Waals surface area contributed by atoms with E-state index in [-0.39, 0.29) is 10.6 Å². The molecule has 0 aromatic heterocycles. The minimum Gasteiger partial charge on any atom is -0.449 e. The highest BCUT2D eigenvalue weighted by Crippen LogP contribution is 2.25. The second-order valence-corrected chi connectivity index (χ2v) is 5.89. The predicted molar refractivity (Wildman–Crippen MR) is 91.4 cm³/mol. The maximum Gasteiger partial charge on any atom is 0.340 e. The van der Waals surface area contributed by atoms with Gasteiger partial charge in [-0.25, -0.2) is 4.79 Å². The number of carbonyl (C=O) groups excluding carboxylic acids is 2. The van der Waals surface area contributed by atoms with Crippen LogP contribution in [0.15, 0.2) is 42.5 Å². The van der Waals surface area contributed by atoms with E-state index in [1.807, 2.05) is 0 Å². The first kappa shape index (κ1) is 17.6. The van der Waals surface area contributed by atoms with Gasteiger partial charge in [0.2, 0.25) is 0 Å². The molecule has 2 aromatic carbocycles. The minimum atomic E-state index is -1.03. The van der Waals surface area contributed by atoms with E-state index in [0.717, 1.165) is 0 Å². The molecule has 0 saturated carbocycles. The maximum atomic E-state index is 12.1. The van der Waals surface area contributed by atoms with Gasteiger partial charge in [0, 0.05) is 5.02 Å². The molecule has 0 bridgehead atoms. The second-order valence-electron chi connectivity index (χ2n) is 4.64. The van der Waals surface area contributed by atoms with Crippen LogP contribution in [0.4, 0.5) is 5.69 Å². The standard InChI is InChI=1S/C16H12Cl3NO3/c1-9(23-16(22)11-4-2-3-5-12(11)18)15(21)20-14-8-10(17)6-7-13(14)19/h2-9H,1H3,(H,20,21)/t9-/m1/s1. The van der Waals surface area contributed by atoms with Crippen molar-refractivity contribution in [2.45, 2.75) is 13.0 Å². The Morgan fingerprint density at radius 1 is 1.04 bits per heavy atom. The zero-order valence-electron chi connectivity index (χ0n) is 12.0. The van der Waals surface area contributed by atoms with Crippen molar-refractivity contribution >= 4 is 52.4 Å². The monoisotopic (exact) mass is 371 g/mol. The number of hydrogen-bond donors (Lipinski definition) is 1. The van der Waals surface area contributed by atoms with Gasteiger partial charge >= 0.3 is 5.97 Å². The van der Waals surface area contributed by atoms with Crippen LogP contribution in [0.2, 0.25) is 15.1 Å². The molecule has 0 aliphatic carbocycles. The molecule has 0 unspecified atom stereocenters. The lowest BCUT2D eigenvalue weighted by Gasteiger charge is -2.14. The molecule has 120 valence electrons. The SMILES string of the molecule is C[C@@H](OC(=O)c1ccccc1Cl)C(=O)Nc1cc(Cl)ccc1Cl. The molecule has 1 N–H and O–H groups in total. The third kappa shape index (κ3) is 4.61. The number of esters is 1. The van der Waals surface area contributed by atoms with Gasteiger partial charge in [-0.05, 0) is 37.3 Å². The lowest BCUT2D eigenvalue weighted by Crippen LogP contribution is -2.30. The molecule has 2 rings (SSSR count). The summed E-state index contributed by atoms with van der Waals surface area (Å²) >= 11 is 17.7. The fourth-order valence-corrected chi connectivity index (χ4v) is 2.28. The van der Waals surface area contributed by atoms with Crippen molar-refractivity contribution < 1.29 is 14.3 Å². The Bertz CT molecular complexity index is 749. The number of halogens is 3. The van der Waals surface area contributed by atoms with Crippen molar-refractivity contribution in [2.75, 3.05) is 5.32 Å². The van der Waals surface area contributed by atoms with Gasteiger partial charge in [-0.1, -0.05) is 46.9 Å². The van der Waals surface area contributed by atoms with Gasteiger partial charge in [0.05, 0.1) is 21.3 Å². The average Bonchev–Trinajstić information content (AvgIpc) is 2.51. The number of nitrogens with one attached hydrogen (secondary N) is 1. The summed E-state index contributed by atoms with van der Waals surface area (Å²) in [4.78, 5) is 24.1. The molecule has 23 heavy (non-hydrogen) atoms. The third-order valence-corrected chi connectivity index (χ3v) is 3.83. The van der Waals surface area contributed by atoms with Crippen LogP contribution in [0.25, 0.3) is 0 Å². The van der Waals surface area contributed by atoms with E-state index in [1.54, 1.807) is 30.3 Å². The molecule has 7 heteroatoms. The molecule has 1 atom stereocenters. The Morgan fingerprint density at radius 3 is 2.43 bits per heavy atom. The number of anilines is 1. The fourth-order valence-electron chi connectivity index (χ4n) is 1.73. The van der Waals surface area contributed by atoms with E-state index in [0.29, 0.717) is 15.7 Å². The molecule has 0 spiro atoms. The van der Waals surface area contributed by atoms with Crippen LogP contribution in [0.5, 0.6) is 0 Å². The molecule has 1 amide bonds. The molecule has 4 nitrogen and oxygen atoms in total. The number of carbonyl (C=O) groups is 2. The zero-order valence-corrected chi connectivity index (χ0v) is 14.2. The summed E-state index contributed by atoms with van der Waals surface area (Å²) < 4.78 is 5.11. The van der Waals surface area contributed by atoms with Crippen molar-refractivity contribution in [3.8, 4) is 0 Å². The van der Waals surface area contributed by atoms with E-state index in [4.69, 9.17) is 39.5 Å². The minimum absolute atomic E-state index is 0.189. The van der Waals surface area contributed by atoms with Gasteiger partial charge < -0.3 is 10.1 Å². The highest BCUT2D eigenvalue weighted by molar-refractivity contribution is 6.35. The van der Waals surface area contributed by atoms with Crippen LogP contribution < -0.4 is 5.32 Å². The summed E-state index contributed by atoms with van der Waals surface area (Å²) in [6.07, 6.45) is -1.03. The molecule has 0 heterocycles. The Labute approximate surface area is 148 Å². The zero-order chi connectivity index (χ0) is 17.0. The van der Waals surface area contributed by atoms with Crippen molar-refractivity contribution in [2.24, 2.45) is 0 Å². The van der Waals surface area contributed by atoms with Crippen LogP contribution in [0.1, 0.15) is 17.3 Å². The lowest BCUT2D eigenvalue weighted by molar-refractivity contribution is -0.123. The normalized spacial score (nSPS) is 11.7. The number of amides is 1. The number of rotatable bonds is 4. The van der Waals surface area contributed by atoms with E-state index in [9.17, 15) is 9.59 Å². The smallest absolute Gasteiger partial charge is 0.340 e. The maximum absolute atomic E-state index is 12.1. The predicted octanol–water partition coefficient (Wildman–Crippen LogP) is 4.83. The third-order valence-electron chi connectivity index (χ3n) is 2.93. The van der Waals surface area contributed by atoms with Gasteiger partial charge in [-0.15, -0.1) is 0 Å². The molecule has 0 saturated heterocycles. The van der Waals surface area contributed by atoms with Crippen LogP contribution in [0.3, 0.4) is 0 Å². The Hall–Kier alpha value is -1.75. The summed E-state index contributed by atoms with van der Waals surface area (Å²) in [5, 5.41) is 3.56. The Morgan fingerprint density at radius 2 is 1.74 bits per heavy atom. The Kier molecular flexibility index (Phi) is 5.88. The first-order chi connectivity index (χ1) is 10.9. The number of benzene rings is 2. The fraction of sp³-hybridized carbons (Fsp3) is 0.125. The van der Waals surface area contributed by atoms with Crippen LogP contribution in [0, 0.1) is 0 Å². The molecular weight excluding hydrogens is 361 g/mol. The van der Waals surface area contributed by atoms with E-state index >= 15 is 0 Å². The van der Waals surface area contributed by atoms with Crippen molar-refractivity contribution in [3.63, 3.8) is 0 Å². The van der Waals surface area contributed by atoms with Gasteiger partial charge in [0.25, 0.3) is 5.91 Å². The average molecular weight is 373 g/mol. The molecule has 0 fully saturated rings. The van der Waals surface area contributed by atoms with Gasteiger partial charge in [0.15, 0.2) is 6.10 Å². The van der Waals surface area contributed by atoms with Gasteiger partial charge in [0.1, 0.15) is 0 Å². The highest BCUT2D eigenvalue weighted by Gasteiger charge is 2.21. The second kappa shape index (κ2) is 7.68. The summed E-state index contributed by atoms with van der Waals surface area (Å²) in [6.45, 7) is 1.45. The van der Waals surface area contributed by atoms with Crippen LogP contribution >= 0.6 is 34.8 Å². The molecule has 0 aliphatic heterocycles. The summed E-state index contributed by atoms with van der Waals surface area (Å²) in [7, 11) is 0. The summed E-state index contributed by atoms with van der Waals surface area (Å²) in [5.41, 5.74) is 0.527. The van der Waals surface area contributed by atoms with E-state index in [2.05, 4.69) is 5.32 Å². The number of hydrogen-bond acceptors (Lipinski definition) is 3. The molecule has 2 aromatic rings. The van der Waals surface area contributed by atoms with Gasteiger partial charge in [-0.3, -0.25) is 4.79 Å². The van der Waals surface area contributed by atoms with Crippen molar-refractivity contribution in [1.29, 1.82) is 0 Å². The molecule has 0 radical (unpaired) electrons. The first-order valence-corrected chi connectivity index (χ1v) is 7.73. The van der Waals surface area contributed by atoms with Crippen LogP contribution in [-0.4, -0.2) is 18.0 Å². The molecule has 0 aliphatic rings. The first-order valence-electron chi connectivity index (χ1n) is 6.60. The molecular formula is C16H12Cl3NO3. The number of ether oxygens (including phenoxy) is 1. The van der Waals surface area contributed by atoms with Gasteiger partial charge in [-0.2, -0.15) is 0 Å². The summed E-state index contributed by atoms with van der Waals surface area (Å²) in [5.74, 6) is -1.22. The largest absolute Gasteiger partial charge is 0.449 e. The quantitative estimate of drug-likeness (QED) is 0.782. The van der Waals surface area contributed by atoms with Crippen molar-refractivity contribution in [1.82, 2.24) is 0 Å². The van der Waals surface area contributed by atoms with Crippen LogP contribution in [-0.2, 0) is 9.53 Å². The van der Waals surface area contributed by atoms with Crippen molar-refractivity contribution in [3.05, 3.63) is 63.1 Å². The lowest BCUT2D eigenvalue weighted by atomic mass is 10.2. The van der Waals surface area contributed by atoms with E-state index in [1.165, 1.54) is 19.1 Å². The highest BCUT2D eigenvalue weighted by atomic mass is 35.5. The van der Waals surface area contributed by atoms with E-state index < -0.39 is 18.0 Å².